The molecule has 0 bridgehead atoms. The molecule has 2 aromatic carbocycles. The highest BCUT2D eigenvalue weighted by Gasteiger charge is 2.18. The Morgan fingerprint density at radius 2 is 2.06 bits per heavy atom. The Labute approximate surface area is 197 Å². The van der Waals surface area contributed by atoms with Gasteiger partial charge in [0.1, 0.15) is 5.75 Å². The molecule has 0 unspecified atom stereocenters. The molecule has 168 valence electrons. The molecule has 0 aliphatic carbocycles. The lowest BCUT2D eigenvalue weighted by Crippen LogP contribution is -2.42. The lowest BCUT2D eigenvalue weighted by Gasteiger charge is -2.27. The van der Waals surface area contributed by atoms with Crippen molar-refractivity contribution < 1.29 is 9.47 Å². The summed E-state index contributed by atoms with van der Waals surface area (Å²) in [5.74, 6) is 0.738. The van der Waals surface area contributed by atoms with Gasteiger partial charge in [-0.05, 0) is 67.0 Å². The van der Waals surface area contributed by atoms with E-state index in [9.17, 15) is 4.79 Å². The molecule has 0 radical (unpaired) electrons. The molecule has 1 fully saturated rings. The van der Waals surface area contributed by atoms with Crippen molar-refractivity contribution in [2.45, 2.75) is 32.0 Å². The van der Waals surface area contributed by atoms with E-state index in [-0.39, 0.29) is 11.7 Å². The highest BCUT2D eigenvalue weighted by molar-refractivity contribution is 7.80. The number of nitrogens with one attached hydrogen (secondary N) is 2. The largest absolute Gasteiger partial charge is 0.497 e. The average Bonchev–Trinajstić information content (AvgIpc) is 3.32. The highest BCUT2D eigenvalue weighted by Crippen LogP contribution is 2.20. The highest BCUT2D eigenvalue weighted by atomic mass is 35.5. The molecular formula is C24H26ClN3O3S. The first-order chi connectivity index (χ1) is 15.5. The third-order valence-electron chi connectivity index (χ3n) is 5.57. The van der Waals surface area contributed by atoms with Crippen molar-refractivity contribution in [2.75, 3.05) is 20.3 Å². The zero-order chi connectivity index (χ0) is 22.5. The zero-order valence-corrected chi connectivity index (χ0v) is 19.5. The summed E-state index contributed by atoms with van der Waals surface area (Å²) < 4.78 is 11.0. The number of nitrogens with zero attached hydrogens (tertiary/aromatic N) is 1. The summed E-state index contributed by atoms with van der Waals surface area (Å²) in [4.78, 5) is 17.7. The van der Waals surface area contributed by atoms with Gasteiger partial charge in [-0.15, -0.1) is 0 Å². The smallest absolute Gasteiger partial charge is 0.253 e. The Bertz CT molecular complexity index is 1140. The number of ether oxygens (including phenoxy) is 2. The number of aromatic amines is 1. The van der Waals surface area contributed by atoms with Crippen molar-refractivity contribution in [1.29, 1.82) is 0 Å². The molecule has 8 heteroatoms. The molecule has 1 aliphatic heterocycles. The van der Waals surface area contributed by atoms with Crippen LogP contribution in [-0.4, -0.2) is 41.4 Å². The first-order valence-corrected chi connectivity index (χ1v) is 11.4. The fourth-order valence-corrected chi connectivity index (χ4v) is 4.15. The van der Waals surface area contributed by atoms with Crippen LogP contribution in [0.15, 0.2) is 53.3 Å². The van der Waals surface area contributed by atoms with Crippen LogP contribution in [0.2, 0.25) is 5.02 Å². The summed E-state index contributed by atoms with van der Waals surface area (Å²) in [6.07, 6.45) is 2.27. The van der Waals surface area contributed by atoms with Crippen molar-refractivity contribution in [3.63, 3.8) is 0 Å². The second-order valence-electron chi connectivity index (χ2n) is 7.88. The molecule has 2 N–H and O–H groups in total. The molecule has 0 spiro atoms. The molecule has 0 saturated carbocycles. The Morgan fingerprint density at radius 3 is 2.78 bits per heavy atom. The van der Waals surface area contributed by atoms with Crippen LogP contribution in [0, 0.1) is 0 Å². The minimum atomic E-state index is -0.134. The van der Waals surface area contributed by atoms with Gasteiger partial charge >= 0.3 is 0 Å². The maximum atomic E-state index is 12.8. The molecule has 1 saturated heterocycles. The van der Waals surface area contributed by atoms with Gasteiger partial charge in [0.2, 0.25) is 0 Å². The summed E-state index contributed by atoms with van der Waals surface area (Å²) >= 11 is 11.8. The number of H-pyrrole nitrogens is 1. The fraction of sp³-hybridized carbons (Fsp3) is 0.333. The van der Waals surface area contributed by atoms with E-state index in [0.29, 0.717) is 35.3 Å². The maximum Gasteiger partial charge on any atom is 0.253 e. The number of fused-ring (bicyclic) bond motifs is 1. The topological polar surface area (TPSA) is 66.6 Å². The van der Waals surface area contributed by atoms with Gasteiger partial charge in [0.25, 0.3) is 5.56 Å². The molecule has 1 aromatic heterocycles. The summed E-state index contributed by atoms with van der Waals surface area (Å²) in [6.45, 7) is 2.36. The van der Waals surface area contributed by atoms with E-state index in [1.165, 1.54) is 0 Å². The van der Waals surface area contributed by atoms with Crippen LogP contribution in [0.3, 0.4) is 0 Å². The van der Waals surface area contributed by atoms with Gasteiger partial charge in [-0.25, -0.2) is 0 Å². The molecule has 3 aromatic rings. The van der Waals surface area contributed by atoms with E-state index in [1.807, 2.05) is 53.4 Å². The standard InChI is InChI=1S/C24H26ClN3O3S/c1-30-20-8-9-22-17(12-20)11-18(23(29)27-22)15-28(14-16-4-6-19(25)7-5-16)24(32)26-13-21-3-2-10-31-21/h4-9,11-12,21H,2-3,10,13-15H2,1H3,(H,26,32)(H,27,29)/t21-/m0/s1. The number of benzene rings is 2. The van der Waals surface area contributed by atoms with E-state index in [2.05, 4.69) is 10.3 Å². The number of hydrogen-bond donors (Lipinski definition) is 2. The average molecular weight is 472 g/mol. The monoisotopic (exact) mass is 471 g/mol. The van der Waals surface area contributed by atoms with Crippen molar-refractivity contribution in [3.05, 3.63) is 75.0 Å². The van der Waals surface area contributed by atoms with Crippen LogP contribution in [0.4, 0.5) is 0 Å². The Kier molecular flexibility index (Phi) is 7.29. The van der Waals surface area contributed by atoms with Gasteiger partial charge < -0.3 is 24.7 Å². The quantitative estimate of drug-likeness (QED) is 0.502. The second-order valence-corrected chi connectivity index (χ2v) is 8.70. The van der Waals surface area contributed by atoms with Gasteiger partial charge in [-0.1, -0.05) is 23.7 Å². The number of hydrogen-bond acceptors (Lipinski definition) is 4. The van der Waals surface area contributed by atoms with Crippen LogP contribution in [0.5, 0.6) is 5.75 Å². The third kappa shape index (κ3) is 5.59. The van der Waals surface area contributed by atoms with Gasteiger partial charge in [0, 0.05) is 41.2 Å². The number of pyridine rings is 1. The van der Waals surface area contributed by atoms with E-state index in [0.717, 1.165) is 41.7 Å². The number of thiocarbonyl (C=S) groups is 1. The molecule has 2 heterocycles. The lowest BCUT2D eigenvalue weighted by molar-refractivity contribution is 0.113. The first kappa shape index (κ1) is 22.6. The van der Waals surface area contributed by atoms with E-state index in [1.54, 1.807) is 7.11 Å². The minimum absolute atomic E-state index is 0.134. The predicted octanol–water partition coefficient (Wildman–Crippen LogP) is 4.25. The molecule has 1 aliphatic rings. The van der Waals surface area contributed by atoms with Crippen molar-refractivity contribution in [1.82, 2.24) is 15.2 Å². The van der Waals surface area contributed by atoms with Gasteiger partial charge in [-0.2, -0.15) is 0 Å². The number of aromatic nitrogens is 1. The van der Waals surface area contributed by atoms with Crippen LogP contribution in [-0.2, 0) is 17.8 Å². The van der Waals surface area contributed by atoms with Gasteiger partial charge in [0.15, 0.2) is 5.11 Å². The Morgan fingerprint density at radius 1 is 1.25 bits per heavy atom. The van der Waals surface area contributed by atoms with Gasteiger partial charge in [0.05, 0.1) is 19.8 Å². The minimum Gasteiger partial charge on any atom is -0.497 e. The van der Waals surface area contributed by atoms with Crippen LogP contribution >= 0.6 is 23.8 Å². The first-order valence-electron chi connectivity index (χ1n) is 10.6. The lowest BCUT2D eigenvalue weighted by atomic mass is 10.1. The number of rotatable bonds is 7. The number of halogens is 1. The van der Waals surface area contributed by atoms with Crippen molar-refractivity contribution in [3.8, 4) is 5.75 Å². The summed E-state index contributed by atoms with van der Waals surface area (Å²) in [7, 11) is 1.62. The van der Waals surface area contributed by atoms with Crippen LogP contribution in [0.1, 0.15) is 24.0 Å². The summed E-state index contributed by atoms with van der Waals surface area (Å²) in [6, 6.07) is 15.1. The number of methoxy groups -OCH3 is 1. The molecular weight excluding hydrogens is 446 g/mol. The Balaban J connectivity index is 1.58. The predicted molar refractivity (Wildman–Crippen MR) is 131 cm³/mol. The molecule has 32 heavy (non-hydrogen) atoms. The second kappa shape index (κ2) is 10.3. The molecule has 1 atom stereocenters. The summed E-state index contributed by atoms with van der Waals surface area (Å²) in [5.41, 5.74) is 2.31. The Hall–Kier alpha value is -2.61. The van der Waals surface area contributed by atoms with Crippen LogP contribution < -0.4 is 15.6 Å². The van der Waals surface area contributed by atoms with Crippen molar-refractivity contribution >= 4 is 39.8 Å². The summed E-state index contributed by atoms with van der Waals surface area (Å²) in [5, 5.41) is 5.50. The third-order valence-corrected chi connectivity index (χ3v) is 6.22. The molecule has 6 nitrogen and oxygen atoms in total. The van der Waals surface area contributed by atoms with E-state index < -0.39 is 0 Å². The van der Waals surface area contributed by atoms with Crippen molar-refractivity contribution in [2.24, 2.45) is 0 Å². The van der Waals surface area contributed by atoms with Gasteiger partial charge in [-0.3, -0.25) is 4.79 Å². The zero-order valence-electron chi connectivity index (χ0n) is 17.9. The van der Waals surface area contributed by atoms with Crippen LogP contribution in [0.25, 0.3) is 10.9 Å². The fourth-order valence-electron chi connectivity index (χ4n) is 3.81. The molecule has 4 rings (SSSR count). The normalized spacial score (nSPS) is 15.6. The maximum absolute atomic E-state index is 12.8. The molecule has 0 amide bonds. The van der Waals surface area contributed by atoms with E-state index >= 15 is 0 Å². The van der Waals surface area contributed by atoms with E-state index in [4.69, 9.17) is 33.3 Å². The SMILES string of the molecule is COc1ccc2[nH]c(=O)c(CN(Cc3ccc(Cl)cc3)C(=S)NC[C@@H]3CCCO3)cc2c1.